The molecule has 4 heteroatoms. The van der Waals surface area contributed by atoms with Crippen LogP contribution in [0, 0.1) is 0 Å². The average Bonchev–Trinajstić information content (AvgIpc) is 2.53. The van der Waals surface area contributed by atoms with E-state index >= 15 is 0 Å². The molecule has 2 N–H and O–H groups in total. The highest BCUT2D eigenvalue weighted by molar-refractivity contribution is 9.10. The van der Waals surface area contributed by atoms with E-state index in [1.165, 1.54) is 5.69 Å². The van der Waals surface area contributed by atoms with Crippen molar-refractivity contribution in [3.8, 4) is 0 Å². The first kappa shape index (κ1) is 13.8. The largest absolute Gasteiger partial charge is 0.377 e. The van der Waals surface area contributed by atoms with Gasteiger partial charge in [-0.05, 0) is 38.0 Å². The second kappa shape index (κ2) is 6.04. The van der Waals surface area contributed by atoms with Crippen LogP contribution in [0.3, 0.4) is 0 Å². The fourth-order valence-electron chi connectivity index (χ4n) is 2.31. The number of hydrogen-bond acceptors (Lipinski definition) is 3. The quantitative estimate of drug-likeness (QED) is 0.912. The Labute approximate surface area is 117 Å². The molecule has 18 heavy (non-hydrogen) atoms. The molecule has 1 aromatic rings. The molecule has 3 nitrogen and oxygen atoms in total. The minimum atomic E-state index is 0.0554. The zero-order valence-electron chi connectivity index (χ0n) is 11.0. The summed E-state index contributed by atoms with van der Waals surface area (Å²) in [5.74, 6) is 0. The highest BCUT2D eigenvalue weighted by atomic mass is 79.9. The summed E-state index contributed by atoms with van der Waals surface area (Å²) in [7, 11) is 0. The molecule has 0 spiro atoms. The van der Waals surface area contributed by atoms with E-state index in [2.05, 4.69) is 46.0 Å². The van der Waals surface area contributed by atoms with Gasteiger partial charge in [0, 0.05) is 35.9 Å². The van der Waals surface area contributed by atoms with Gasteiger partial charge in [-0.1, -0.05) is 22.0 Å². The van der Waals surface area contributed by atoms with Gasteiger partial charge in [0.25, 0.3) is 0 Å². The van der Waals surface area contributed by atoms with Crippen LogP contribution in [0.15, 0.2) is 22.7 Å². The van der Waals surface area contributed by atoms with E-state index in [1.54, 1.807) is 0 Å². The average molecular weight is 313 g/mol. The molecule has 100 valence electrons. The number of ether oxygens (including phenoxy) is 1. The molecule has 0 amide bonds. The second-order valence-corrected chi connectivity index (χ2v) is 5.83. The maximum absolute atomic E-state index is 5.93. The first-order valence-corrected chi connectivity index (χ1v) is 7.29. The molecule has 2 rings (SSSR count). The van der Waals surface area contributed by atoms with Crippen molar-refractivity contribution in [1.29, 1.82) is 0 Å². The molecule has 0 radical (unpaired) electrons. The summed E-state index contributed by atoms with van der Waals surface area (Å²) in [6.45, 7) is 6.99. The van der Waals surface area contributed by atoms with Crippen molar-refractivity contribution in [1.82, 2.24) is 0 Å². The van der Waals surface area contributed by atoms with Gasteiger partial charge in [-0.3, -0.25) is 0 Å². The van der Waals surface area contributed by atoms with Gasteiger partial charge < -0.3 is 15.4 Å². The maximum atomic E-state index is 5.93. The summed E-state index contributed by atoms with van der Waals surface area (Å²) >= 11 is 3.61. The molecule has 2 atom stereocenters. The molecule has 0 bridgehead atoms. The van der Waals surface area contributed by atoms with Crippen molar-refractivity contribution in [3.05, 3.63) is 28.2 Å². The monoisotopic (exact) mass is 312 g/mol. The summed E-state index contributed by atoms with van der Waals surface area (Å²) in [4.78, 5) is 2.38. The van der Waals surface area contributed by atoms with Crippen LogP contribution in [0.4, 0.5) is 5.69 Å². The molecule has 0 aliphatic carbocycles. The Morgan fingerprint density at radius 2 is 2.28 bits per heavy atom. The molecular formula is C14H21BrN2O. The highest BCUT2D eigenvalue weighted by Crippen LogP contribution is 2.28. The van der Waals surface area contributed by atoms with Crippen LogP contribution >= 0.6 is 15.9 Å². The van der Waals surface area contributed by atoms with Crippen LogP contribution in [0.2, 0.25) is 0 Å². The number of nitrogens with zero attached hydrogens (tertiary/aromatic N) is 1. The summed E-state index contributed by atoms with van der Waals surface area (Å²) in [6, 6.07) is 6.48. The van der Waals surface area contributed by atoms with Crippen molar-refractivity contribution in [2.24, 2.45) is 5.73 Å². The van der Waals surface area contributed by atoms with Gasteiger partial charge in [0.2, 0.25) is 0 Å². The number of benzene rings is 1. The highest BCUT2D eigenvalue weighted by Gasteiger charge is 2.16. The summed E-state index contributed by atoms with van der Waals surface area (Å²) < 4.78 is 6.76. The fourth-order valence-corrected chi connectivity index (χ4v) is 3.04. The predicted molar refractivity (Wildman–Crippen MR) is 79.0 cm³/mol. The zero-order valence-corrected chi connectivity index (χ0v) is 12.6. The molecule has 1 aromatic carbocycles. The fraction of sp³-hybridized carbons (Fsp3) is 0.571. The smallest absolute Gasteiger partial charge is 0.0721 e. The van der Waals surface area contributed by atoms with E-state index in [0.29, 0.717) is 6.10 Å². The Kier molecular flexibility index (Phi) is 4.65. The lowest BCUT2D eigenvalue weighted by Crippen LogP contribution is -2.30. The standard InChI is InChI=1S/C14H21BrN2O/c1-10-9-17(6-3-7-18-10)12-4-5-13(11(2)16)14(15)8-12/h4-5,8,10-11H,3,6-7,9,16H2,1-2H3. The summed E-state index contributed by atoms with van der Waals surface area (Å²) in [5, 5.41) is 0. The normalized spacial score (nSPS) is 22.7. The molecule has 1 heterocycles. The van der Waals surface area contributed by atoms with Crippen LogP contribution in [0.1, 0.15) is 31.9 Å². The predicted octanol–water partition coefficient (Wildman–Crippen LogP) is 3.08. The van der Waals surface area contributed by atoms with Gasteiger partial charge in [0.15, 0.2) is 0 Å². The van der Waals surface area contributed by atoms with Crippen LogP contribution in [0.25, 0.3) is 0 Å². The van der Waals surface area contributed by atoms with Gasteiger partial charge in [-0.15, -0.1) is 0 Å². The molecule has 1 fully saturated rings. The van der Waals surface area contributed by atoms with Gasteiger partial charge >= 0.3 is 0 Å². The van der Waals surface area contributed by atoms with E-state index < -0.39 is 0 Å². The SMILES string of the molecule is CC1CN(c2ccc(C(C)N)c(Br)c2)CCCO1. The van der Waals surface area contributed by atoms with E-state index in [4.69, 9.17) is 10.5 Å². The van der Waals surface area contributed by atoms with Crippen LogP contribution < -0.4 is 10.6 Å². The molecule has 0 saturated carbocycles. The van der Waals surface area contributed by atoms with Gasteiger partial charge in [-0.2, -0.15) is 0 Å². The number of nitrogens with two attached hydrogens (primary N) is 1. The van der Waals surface area contributed by atoms with Gasteiger partial charge in [-0.25, -0.2) is 0 Å². The molecule has 1 aliphatic heterocycles. The Balaban J connectivity index is 2.19. The second-order valence-electron chi connectivity index (χ2n) is 4.98. The van der Waals surface area contributed by atoms with Gasteiger partial charge in [0.05, 0.1) is 6.10 Å². The number of anilines is 1. The zero-order chi connectivity index (χ0) is 13.1. The lowest BCUT2D eigenvalue weighted by Gasteiger charge is -2.25. The molecule has 0 aromatic heterocycles. The maximum Gasteiger partial charge on any atom is 0.0721 e. The first-order chi connectivity index (χ1) is 8.58. The Morgan fingerprint density at radius 1 is 1.50 bits per heavy atom. The third-order valence-electron chi connectivity index (χ3n) is 3.29. The third-order valence-corrected chi connectivity index (χ3v) is 3.98. The third kappa shape index (κ3) is 3.25. The van der Waals surface area contributed by atoms with E-state index in [0.717, 1.165) is 36.2 Å². The topological polar surface area (TPSA) is 38.5 Å². The Bertz CT molecular complexity index is 409. The van der Waals surface area contributed by atoms with Crippen LogP contribution in [0.5, 0.6) is 0 Å². The number of halogens is 1. The lowest BCUT2D eigenvalue weighted by molar-refractivity contribution is 0.0821. The van der Waals surface area contributed by atoms with Crippen molar-refractivity contribution in [2.75, 3.05) is 24.6 Å². The summed E-state index contributed by atoms with van der Waals surface area (Å²) in [5.41, 5.74) is 8.32. The van der Waals surface area contributed by atoms with Crippen molar-refractivity contribution < 1.29 is 4.74 Å². The summed E-state index contributed by atoms with van der Waals surface area (Å²) in [6.07, 6.45) is 1.37. The van der Waals surface area contributed by atoms with Crippen LogP contribution in [-0.2, 0) is 4.74 Å². The van der Waals surface area contributed by atoms with E-state index in [-0.39, 0.29) is 6.04 Å². The molecule has 2 unspecified atom stereocenters. The van der Waals surface area contributed by atoms with Gasteiger partial charge in [0.1, 0.15) is 0 Å². The van der Waals surface area contributed by atoms with Crippen molar-refractivity contribution in [2.45, 2.75) is 32.4 Å². The molecule has 1 aliphatic rings. The van der Waals surface area contributed by atoms with Crippen LogP contribution in [-0.4, -0.2) is 25.8 Å². The lowest BCUT2D eigenvalue weighted by atomic mass is 10.1. The Morgan fingerprint density at radius 3 is 2.94 bits per heavy atom. The number of rotatable bonds is 2. The molecule has 1 saturated heterocycles. The minimum absolute atomic E-state index is 0.0554. The van der Waals surface area contributed by atoms with E-state index in [1.807, 2.05) is 6.92 Å². The van der Waals surface area contributed by atoms with E-state index in [9.17, 15) is 0 Å². The molecular weight excluding hydrogens is 292 g/mol. The van der Waals surface area contributed by atoms with Crippen molar-refractivity contribution in [3.63, 3.8) is 0 Å². The van der Waals surface area contributed by atoms with Crippen molar-refractivity contribution >= 4 is 21.6 Å². The Hall–Kier alpha value is -0.580. The first-order valence-electron chi connectivity index (χ1n) is 6.49. The minimum Gasteiger partial charge on any atom is -0.377 e. The number of hydrogen-bond donors (Lipinski definition) is 1.